The number of fused-ring (bicyclic) bond motifs is 3. The molecule has 1 aromatic heterocycles. The standard InChI is InChI=1S/C20H19F3N2/c21-13-6-4-12(5-7-13)8-9-24-18-3-1-2-14-15-10-16(22)17(23)11-19(15)25-20(14)18/h4-7,10-11,18,24-25H,1-3,8-9H2. The van der Waals surface area contributed by atoms with E-state index in [9.17, 15) is 13.2 Å². The van der Waals surface area contributed by atoms with Crippen LogP contribution in [-0.4, -0.2) is 11.5 Å². The number of aromatic nitrogens is 1. The van der Waals surface area contributed by atoms with Crippen molar-refractivity contribution < 1.29 is 13.2 Å². The fraction of sp³-hybridized carbons (Fsp3) is 0.300. The van der Waals surface area contributed by atoms with E-state index in [1.807, 2.05) is 0 Å². The van der Waals surface area contributed by atoms with Crippen molar-refractivity contribution in [1.29, 1.82) is 0 Å². The summed E-state index contributed by atoms with van der Waals surface area (Å²) in [6.07, 6.45) is 3.66. The molecule has 0 fully saturated rings. The molecule has 0 bridgehead atoms. The summed E-state index contributed by atoms with van der Waals surface area (Å²) in [6, 6.07) is 9.18. The van der Waals surface area contributed by atoms with Crippen LogP contribution in [0.2, 0.25) is 0 Å². The van der Waals surface area contributed by atoms with Crippen molar-refractivity contribution in [3.8, 4) is 0 Å². The van der Waals surface area contributed by atoms with Gasteiger partial charge in [0.1, 0.15) is 5.82 Å². The van der Waals surface area contributed by atoms with E-state index >= 15 is 0 Å². The van der Waals surface area contributed by atoms with Crippen molar-refractivity contribution in [3.63, 3.8) is 0 Å². The third-order valence-electron chi connectivity index (χ3n) is 4.97. The molecule has 1 atom stereocenters. The lowest BCUT2D eigenvalue weighted by atomic mass is 9.91. The molecule has 0 saturated heterocycles. The van der Waals surface area contributed by atoms with Crippen molar-refractivity contribution >= 4 is 10.9 Å². The fourth-order valence-corrected chi connectivity index (χ4v) is 3.71. The zero-order valence-electron chi connectivity index (χ0n) is 13.7. The summed E-state index contributed by atoms with van der Waals surface area (Å²) in [5.41, 5.74) is 3.84. The van der Waals surface area contributed by atoms with Gasteiger partial charge in [-0.25, -0.2) is 13.2 Å². The molecule has 0 amide bonds. The molecule has 1 unspecified atom stereocenters. The van der Waals surface area contributed by atoms with Crippen LogP contribution in [0.1, 0.15) is 35.7 Å². The Bertz CT molecular complexity index is 899. The fourth-order valence-electron chi connectivity index (χ4n) is 3.71. The highest BCUT2D eigenvalue weighted by Crippen LogP contribution is 2.35. The second kappa shape index (κ2) is 6.56. The highest BCUT2D eigenvalue weighted by atomic mass is 19.2. The summed E-state index contributed by atoms with van der Waals surface area (Å²) in [5.74, 6) is -1.86. The van der Waals surface area contributed by atoms with Crippen LogP contribution >= 0.6 is 0 Å². The molecule has 2 N–H and O–H groups in total. The van der Waals surface area contributed by atoms with Gasteiger partial charge < -0.3 is 10.3 Å². The second-order valence-corrected chi connectivity index (χ2v) is 6.60. The molecule has 4 rings (SSSR count). The van der Waals surface area contributed by atoms with Crippen molar-refractivity contribution in [2.45, 2.75) is 31.7 Å². The number of aromatic amines is 1. The first-order valence-corrected chi connectivity index (χ1v) is 8.59. The van der Waals surface area contributed by atoms with Gasteiger partial charge in [-0.05, 0) is 61.6 Å². The van der Waals surface area contributed by atoms with Crippen LogP contribution in [0.25, 0.3) is 10.9 Å². The summed E-state index contributed by atoms with van der Waals surface area (Å²) in [4.78, 5) is 3.27. The summed E-state index contributed by atoms with van der Waals surface area (Å²) in [6.45, 7) is 0.758. The van der Waals surface area contributed by atoms with Gasteiger partial charge >= 0.3 is 0 Å². The first-order chi connectivity index (χ1) is 12.1. The molecule has 1 aliphatic carbocycles. The maximum atomic E-state index is 13.6. The average Bonchev–Trinajstić information content (AvgIpc) is 2.95. The number of halogens is 3. The first kappa shape index (κ1) is 16.2. The molecule has 0 radical (unpaired) electrons. The molecule has 130 valence electrons. The third kappa shape index (κ3) is 3.16. The third-order valence-corrected chi connectivity index (χ3v) is 4.97. The molecule has 3 aromatic rings. The maximum Gasteiger partial charge on any atom is 0.160 e. The molecule has 2 nitrogen and oxygen atoms in total. The van der Waals surface area contributed by atoms with Gasteiger partial charge in [-0.1, -0.05) is 12.1 Å². The Kier molecular flexibility index (Phi) is 4.25. The van der Waals surface area contributed by atoms with Crippen LogP contribution in [0, 0.1) is 17.5 Å². The summed E-state index contributed by atoms with van der Waals surface area (Å²) in [5, 5.41) is 4.30. The minimum absolute atomic E-state index is 0.141. The molecule has 5 heteroatoms. The number of benzene rings is 2. The van der Waals surface area contributed by atoms with Crippen molar-refractivity contribution in [1.82, 2.24) is 10.3 Å². The van der Waals surface area contributed by atoms with Gasteiger partial charge in [0.15, 0.2) is 11.6 Å². The highest BCUT2D eigenvalue weighted by Gasteiger charge is 2.24. The van der Waals surface area contributed by atoms with Crippen molar-refractivity contribution in [3.05, 3.63) is 70.7 Å². The number of aryl methyl sites for hydroxylation is 1. The molecule has 2 aromatic carbocycles. The van der Waals surface area contributed by atoms with E-state index in [1.54, 1.807) is 12.1 Å². The second-order valence-electron chi connectivity index (χ2n) is 6.60. The van der Waals surface area contributed by atoms with Gasteiger partial charge in [-0.15, -0.1) is 0 Å². The zero-order valence-corrected chi connectivity index (χ0v) is 13.7. The van der Waals surface area contributed by atoms with Gasteiger partial charge in [0.25, 0.3) is 0 Å². The molecular weight excluding hydrogens is 325 g/mol. The lowest BCUT2D eigenvalue weighted by molar-refractivity contribution is 0.456. The molecular formula is C20H19F3N2. The quantitative estimate of drug-likeness (QED) is 0.699. The van der Waals surface area contributed by atoms with Gasteiger partial charge in [0.2, 0.25) is 0 Å². The largest absolute Gasteiger partial charge is 0.357 e. The average molecular weight is 344 g/mol. The van der Waals surface area contributed by atoms with Crippen LogP contribution in [-0.2, 0) is 12.8 Å². The Morgan fingerprint density at radius 1 is 1.04 bits per heavy atom. The normalized spacial score (nSPS) is 17.0. The van der Waals surface area contributed by atoms with E-state index in [2.05, 4.69) is 10.3 Å². The van der Waals surface area contributed by atoms with Crippen LogP contribution in [0.3, 0.4) is 0 Å². The molecule has 1 heterocycles. The molecule has 25 heavy (non-hydrogen) atoms. The highest BCUT2D eigenvalue weighted by molar-refractivity contribution is 5.85. The minimum atomic E-state index is -0.827. The van der Waals surface area contributed by atoms with Gasteiger partial charge in [0, 0.05) is 28.7 Å². The summed E-state index contributed by atoms with van der Waals surface area (Å²) < 4.78 is 40.0. The Balaban J connectivity index is 1.52. The molecule has 0 saturated carbocycles. The number of hydrogen-bond acceptors (Lipinski definition) is 1. The van der Waals surface area contributed by atoms with Gasteiger partial charge in [-0.3, -0.25) is 0 Å². The SMILES string of the molecule is Fc1ccc(CCNC2CCCc3c2[nH]c2cc(F)c(F)cc32)cc1. The number of nitrogens with one attached hydrogen (secondary N) is 2. The Hall–Kier alpha value is -2.27. The monoisotopic (exact) mass is 344 g/mol. The Morgan fingerprint density at radius 3 is 2.60 bits per heavy atom. The van der Waals surface area contributed by atoms with Crippen LogP contribution in [0.15, 0.2) is 36.4 Å². The number of H-pyrrole nitrogens is 1. The van der Waals surface area contributed by atoms with E-state index in [1.165, 1.54) is 24.3 Å². The van der Waals surface area contributed by atoms with E-state index < -0.39 is 11.6 Å². The van der Waals surface area contributed by atoms with Crippen LogP contribution < -0.4 is 5.32 Å². The van der Waals surface area contributed by atoms with Crippen LogP contribution in [0.5, 0.6) is 0 Å². The smallest absolute Gasteiger partial charge is 0.160 e. The predicted molar refractivity (Wildman–Crippen MR) is 92.0 cm³/mol. The lowest BCUT2D eigenvalue weighted by Gasteiger charge is -2.24. The Labute approximate surface area is 144 Å². The van der Waals surface area contributed by atoms with E-state index in [4.69, 9.17) is 0 Å². The van der Waals surface area contributed by atoms with Crippen molar-refractivity contribution in [2.24, 2.45) is 0 Å². The van der Waals surface area contributed by atoms with Crippen LogP contribution in [0.4, 0.5) is 13.2 Å². The van der Waals surface area contributed by atoms with E-state index in [-0.39, 0.29) is 11.9 Å². The first-order valence-electron chi connectivity index (χ1n) is 8.59. The summed E-state index contributed by atoms with van der Waals surface area (Å²) in [7, 11) is 0. The molecule has 1 aliphatic rings. The maximum absolute atomic E-state index is 13.6. The van der Waals surface area contributed by atoms with Gasteiger partial charge in [-0.2, -0.15) is 0 Å². The molecule has 0 aliphatic heterocycles. The molecule has 0 spiro atoms. The number of hydrogen-bond donors (Lipinski definition) is 2. The predicted octanol–water partition coefficient (Wildman–Crippen LogP) is 4.79. The minimum Gasteiger partial charge on any atom is -0.357 e. The van der Waals surface area contributed by atoms with E-state index in [0.29, 0.717) is 5.52 Å². The zero-order chi connectivity index (χ0) is 17.4. The summed E-state index contributed by atoms with van der Waals surface area (Å²) >= 11 is 0. The van der Waals surface area contributed by atoms with Gasteiger partial charge in [0.05, 0.1) is 0 Å². The lowest BCUT2D eigenvalue weighted by Crippen LogP contribution is -2.27. The Morgan fingerprint density at radius 2 is 1.80 bits per heavy atom. The van der Waals surface area contributed by atoms with E-state index in [0.717, 1.165) is 54.4 Å². The topological polar surface area (TPSA) is 27.8 Å². The van der Waals surface area contributed by atoms with Crippen molar-refractivity contribution in [2.75, 3.05) is 6.54 Å². The number of rotatable bonds is 4.